The van der Waals surface area contributed by atoms with Gasteiger partial charge in [0.15, 0.2) is 0 Å². The number of nitrogens with zero attached hydrogens (tertiary/aromatic N) is 1. The standard InChI is InChI=1S/C17H16N2O2/c1-2-21-17(20)13-5-3-4-12(13)15-10-19-16-7-6-11(9-18)8-14(15)16/h6-8,10,19H,2-5H2,1H3. The molecule has 0 fully saturated rings. The number of nitrogens with one attached hydrogen (secondary N) is 1. The number of H-pyrrole nitrogens is 1. The van der Waals surface area contributed by atoms with Gasteiger partial charge in [0.1, 0.15) is 0 Å². The molecule has 1 aromatic carbocycles. The summed E-state index contributed by atoms with van der Waals surface area (Å²) in [5.74, 6) is -0.212. The zero-order chi connectivity index (χ0) is 14.8. The molecule has 0 radical (unpaired) electrons. The first-order valence-electron chi connectivity index (χ1n) is 7.15. The van der Waals surface area contributed by atoms with Crippen molar-refractivity contribution in [1.29, 1.82) is 5.26 Å². The lowest BCUT2D eigenvalue weighted by atomic mass is 10.0. The quantitative estimate of drug-likeness (QED) is 0.874. The van der Waals surface area contributed by atoms with Gasteiger partial charge in [-0.25, -0.2) is 4.79 Å². The maximum absolute atomic E-state index is 12.1. The molecule has 3 rings (SSSR count). The number of carbonyl (C=O) groups excluding carboxylic acids is 1. The fourth-order valence-electron chi connectivity index (χ4n) is 2.92. The summed E-state index contributed by atoms with van der Waals surface area (Å²) in [6, 6.07) is 7.72. The molecule has 0 bridgehead atoms. The largest absolute Gasteiger partial charge is 0.463 e. The van der Waals surface area contributed by atoms with Crippen molar-refractivity contribution in [1.82, 2.24) is 4.98 Å². The summed E-state index contributed by atoms with van der Waals surface area (Å²) in [6.07, 6.45) is 4.52. The molecule has 1 N–H and O–H groups in total. The van der Waals surface area contributed by atoms with E-state index < -0.39 is 0 Å². The van der Waals surface area contributed by atoms with Crippen LogP contribution in [0.15, 0.2) is 30.0 Å². The van der Waals surface area contributed by atoms with Crippen LogP contribution >= 0.6 is 0 Å². The van der Waals surface area contributed by atoms with Gasteiger partial charge in [0.05, 0.1) is 18.2 Å². The molecule has 21 heavy (non-hydrogen) atoms. The molecule has 0 saturated carbocycles. The molecular formula is C17H16N2O2. The lowest BCUT2D eigenvalue weighted by molar-refractivity contribution is -0.138. The number of benzene rings is 1. The van der Waals surface area contributed by atoms with Crippen LogP contribution in [0.1, 0.15) is 37.3 Å². The van der Waals surface area contributed by atoms with Crippen LogP contribution < -0.4 is 0 Å². The third kappa shape index (κ3) is 2.31. The maximum atomic E-state index is 12.1. The van der Waals surface area contributed by atoms with Crippen molar-refractivity contribution in [2.75, 3.05) is 6.61 Å². The first-order valence-corrected chi connectivity index (χ1v) is 7.15. The van der Waals surface area contributed by atoms with E-state index in [2.05, 4.69) is 11.1 Å². The fourth-order valence-corrected chi connectivity index (χ4v) is 2.92. The van der Waals surface area contributed by atoms with Crippen LogP contribution in [0.5, 0.6) is 0 Å². The number of allylic oxidation sites excluding steroid dienone is 1. The smallest absolute Gasteiger partial charge is 0.334 e. The zero-order valence-electron chi connectivity index (χ0n) is 11.9. The number of aromatic nitrogens is 1. The summed E-state index contributed by atoms with van der Waals surface area (Å²) in [6.45, 7) is 2.21. The van der Waals surface area contributed by atoms with E-state index in [4.69, 9.17) is 10.00 Å². The number of ether oxygens (including phenoxy) is 1. The lowest BCUT2D eigenvalue weighted by Gasteiger charge is -2.06. The molecule has 0 spiro atoms. The van der Waals surface area contributed by atoms with E-state index in [1.54, 1.807) is 6.07 Å². The van der Waals surface area contributed by atoms with Gasteiger partial charge in [0, 0.05) is 28.2 Å². The number of carbonyl (C=O) groups is 1. The van der Waals surface area contributed by atoms with Gasteiger partial charge in [-0.3, -0.25) is 0 Å². The van der Waals surface area contributed by atoms with Crippen molar-refractivity contribution in [3.63, 3.8) is 0 Å². The lowest BCUT2D eigenvalue weighted by Crippen LogP contribution is -2.07. The van der Waals surface area contributed by atoms with Crippen molar-refractivity contribution >= 4 is 22.4 Å². The van der Waals surface area contributed by atoms with Crippen LogP contribution in [0.25, 0.3) is 16.5 Å². The topological polar surface area (TPSA) is 65.9 Å². The third-order valence-corrected chi connectivity index (χ3v) is 3.88. The fraction of sp³-hybridized carbons (Fsp3) is 0.294. The zero-order valence-corrected chi connectivity index (χ0v) is 11.9. The van der Waals surface area contributed by atoms with Crippen LogP contribution in [0.2, 0.25) is 0 Å². The number of aromatic amines is 1. The Morgan fingerprint density at radius 2 is 2.29 bits per heavy atom. The number of fused-ring (bicyclic) bond motifs is 1. The summed E-state index contributed by atoms with van der Waals surface area (Å²) < 4.78 is 5.15. The van der Waals surface area contributed by atoms with Crippen LogP contribution in [0.4, 0.5) is 0 Å². The van der Waals surface area contributed by atoms with Gasteiger partial charge < -0.3 is 9.72 Å². The highest BCUT2D eigenvalue weighted by atomic mass is 16.5. The molecule has 0 atom stereocenters. The van der Waals surface area contributed by atoms with E-state index in [0.29, 0.717) is 12.2 Å². The number of nitriles is 1. The second-order valence-corrected chi connectivity index (χ2v) is 5.11. The average molecular weight is 280 g/mol. The number of rotatable bonds is 3. The Hall–Kier alpha value is -2.54. The van der Waals surface area contributed by atoms with Crippen molar-refractivity contribution in [2.24, 2.45) is 0 Å². The van der Waals surface area contributed by atoms with Crippen LogP contribution in [-0.4, -0.2) is 17.6 Å². The van der Waals surface area contributed by atoms with Crippen LogP contribution in [0.3, 0.4) is 0 Å². The summed E-state index contributed by atoms with van der Waals surface area (Å²) in [7, 11) is 0. The minimum absolute atomic E-state index is 0.212. The monoisotopic (exact) mass is 280 g/mol. The van der Waals surface area contributed by atoms with E-state index in [-0.39, 0.29) is 5.97 Å². The van der Waals surface area contributed by atoms with Crippen LogP contribution in [0, 0.1) is 11.3 Å². The molecule has 0 amide bonds. The van der Waals surface area contributed by atoms with E-state index in [9.17, 15) is 4.79 Å². The molecule has 0 unspecified atom stereocenters. The predicted molar refractivity (Wildman–Crippen MR) is 80.4 cm³/mol. The van der Waals surface area contributed by atoms with E-state index in [1.807, 2.05) is 25.3 Å². The average Bonchev–Trinajstić information content (AvgIpc) is 3.12. The van der Waals surface area contributed by atoms with Crippen LogP contribution in [-0.2, 0) is 9.53 Å². The molecule has 106 valence electrons. The van der Waals surface area contributed by atoms with Crippen molar-refractivity contribution in [3.05, 3.63) is 41.1 Å². The molecule has 4 heteroatoms. The van der Waals surface area contributed by atoms with Crippen molar-refractivity contribution in [2.45, 2.75) is 26.2 Å². The van der Waals surface area contributed by atoms with Gasteiger partial charge in [0.2, 0.25) is 0 Å². The molecule has 2 aromatic rings. The highest BCUT2D eigenvalue weighted by Gasteiger charge is 2.24. The molecule has 1 heterocycles. The number of hydrogen-bond acceptors (Lipinski definition) is 3. The highest BCUT2D eigenvalue weighted by Crippen LogP contribution is 2.38. The second kappa shape index (κ2) is 5.45. The number of esters is 1. The summed E-state index contributed by atoms with van der Waals surface area (Å²) in [5.41, 5.74) is 4.45. The Bertz CT molecular complexity index is 778. The van der Waals surface area contributed by atoms with E-state index >= 15 is 0 Å². The highest BCUT2D eigenvalue weighted by molar-refractivity contribution is 6.03. The second-order valence-electron chi connectivity index (χ2n) is 5.11. The number of hydrogen-bond donors (Lipinski definition) is 1. The molecule has 1 aliphatic carbocycles. The minimum atomic E-state index is -0.212. The van der Waals surface area contributed by atoms with Crippen molar-refractivity contribution < 1.29 is 9.53 Å². The van der Waals surface area contributed by atoms with E-state index in [1.165, 1.54) is 0 Å². The summed E-state index contributed by atoms with van der Waals surface area (Å²) in [4.78, 5) is 15.3. The van der Waals surface area contributed by atoms with Gasteiger partial charge >= 0.3 is 5.97 Å². The molecule has 1 aromatic heterocycles. The van der Waals surface area contributed by atoms with Gasteiger partial charge in [0.25, 0.3) is 0 Å². The summed E-state index contributed by atoms with van der Waals surface area (Å²) in [5, 5.41) is 10.0. The molecule has 0 aliphatic heterocycles. The van der Waals surface area contributed by atoms with Crippen molar-refractivity contribution in [3.8, 4) is 6.07 Å². The minimum Gasteiger partial charge on any atom is -0.463 e. The maximum Gasteiger partial charge on any atom is 0.334 e. The Labute approximate surface area is 123 Å². The van der Waals surface area contributed by atoms with Gasteiger partial charge in [-0.05, 0) is 50.0 Å². The molecule has 1 aliphatic rings. The SMILES string of the molecule is CCOC(=O)C1=C(c2c[nH]c3ccc(C#N)cc23)CCC1. The third-order valence-electron chi connectivity index (χ3n) is 3.88. The Morgan fingerprint density at radius 1 is 1.43 bits per heavy atom. The first-order chi connectivity index (χ1) is 10.2. The Kier molecular flexibility index (Phi) is 3.49. The Morgan fingerprint density at radius 3 is 3.05 bits per heavy atom. The van der Waals surface area contributed by atoms with E-state index in [0.717, 1.165) is 46.9 Å². The molecule has 0 saturated heterocycles. The van der Waals surface area contributed by atoms with Gasteiger partial charge in [-0.1, -0.05) is 0 Å². The summed E-state index contributed by atoms with van der Waals surface area (Å²) >= 11 is 0. The Balaban J connectivity index is 2.13. The normalized spacial score (nSPS) is 14.5. The molecular weight excluding hydrogens is 264 g/mol. The molecule has 4 nitrogen and oxygen atoms in total. The predicted octanol–water partition coefficient (Wildman–Crippen LogP) is 3.54. The first kappa shape index (κ1) is 13.4. The van der Waals surface area contributed by atoms with Gasteiger partial charge in [-0.2, -0.15) is 5.26 Å². The van der Waals surface area contributed by atoms with Gasteiger partial charge in [-0.15, -0.1) is 0 Å².